The Hall–Kier alpha value is -1.04. The topological polar surface area (TPSA) is 41.6 Å². The molecule has 5 rings (SSSR count). The minimum Gasteiger partial charge on any atom is -0.381 e. The number of nitrogens with zero attached hydrogens (tertiary/aromatic N) is 1. The van der Waals surface area contributed by atoms with E-state index < -0.39 is 0 Å². The van der Waals surface area contributed by atoms with Gasteiger partial charge < -0.3 is 15.0 Å². The molecule has 2 aliphatic carbocycles. The van der Waals surface area contributed by atoms with Crippen LogP contribution in [0.2, 0.25) is 0 Å². The van der Waals surface area contributed by atoms with E-state index in [0.29, 0.717) is 23.9 Å². The predicted octanol–water partition coefficient (Wildman–Crippen LogP) is 3.41. The first-order valence-electron chi connectivity index (χ1n) is 10.5. The van der Waals surface area contributed by atoms with Crippen molar-refractivity contribution in [2.45, 2.75) is 72.8 Å². The van der Waals surface area contributed by atoms with Crippen LogP contribution in [0.25, 0.3) is 0 Å². The van der Waals surface area contributed by atoms with E-state index in [0.717, 1.165) is 44.0 Å². The largest absolute Gasteiger partial charge is 0.381 e. The molecule has 4 aliphatic rings. The van der Waals surface area contributed by atoms with E-state index in [-0.39, 0.29) is 12.0 Å². The van der Waals surface area contributed by atoms with Gasteiger partial charge in [-0.15, -0.1) is 11.8 Å². The van der Waals surface area contributed by atoms with Gasteiger partial charge in [-0.25, -0.2) is 0 Å². The third kappa shape index (κ3) is 3.66. The molecule has 1 aromatic carbocycles. The van der Waals surface area contributed by atoms with E-state index in [1.165, 1.54) is 23.3 Å². The second kappa shape index (κ2) is 7.41. The van der Waals surface area contributed by atoms with Crippen molar-refractivity contribution in [2.24, 2.45) is 5.92 Å². The first-order chi connectivity index (χ1) is 13.2. The number of methoxy groups -OCH3 is 1. The average Bonchev–Trinajstić information content (AvgIpc) is 3.44. The Morgan fingerprint density at radius 2 is 1.93 bits per heavy atom. The summed E-state index contributed by atoms with van der Waals surface area (Å²) >= 11 is 2.01. The lowest BCUT2D eigenvalue weighted by molar-refractivity contribution is -0.138. The SMILES string of the molecule is COC1CCC2NC[C@@H]3CC(c4ccc(SC5CC5)cc4)CN3C(=O)C2C1. The van der Waals surface area contributed by atoms with Gasteiger partial charge in [-0.2, -0.15) is 0 Å². The van der Waals surface area contributed by atoms with Crippen molar-refractivity contribution in [2.75, 3.05) is 20.2 Å². The molecule has 1 aromatic rings. The van der Waals surface area contributed by atoms with Crippen LogP contribution in [0.5, 0.6) is 0 Å². The monoisotopic (exact) mass is 386 g/mol. The molecule has 0 aromatic heterocycles. The zero-order valence-corrected chi connectivity index (χ0v) is 16.9. The van der Waals surface area contributed by atoms with E-state index in [1.807, 2.05) is 11.8 Å². The van der Waals surface area contributed by atoms with Crippen molar-refractivity contribution in [3.63, 3.8) is 0 Å². The van der Waals surface area contributed by atoms with E-state index in [1.54, 1.807) is 7.11 Å². The van der Waals surface area contributed by atoms with Gasteiger partial charge in [0.1, 0.15) is 0 Å². The maximum Gasteiger partial charge on any atom is 0.227 e. The number of hydrogen-bond acceptors (Lipinski definition) is 4. The van der Waals surface area contributed by atoms with E-state index >= 15 is 0 Å². The fourth-order valence-corrected chi connectivity index (χ4v) is 6.23. The van der Waals surface area contributed by atoms with Gasteiger partial charge in [0.15, 0.2) is 0 Å². The summed E-state index contributed by atoms with van der Waals surface area (Å²) < 4.78 is 5.57. The van der Waals surface area contributed by atoms with Gasteiger partial charge in [0, 0.05) is 48.3 Å². The van der Waals surface area contributed by atoms with Crippen LogP contribution in [0.4, 0.5) is 0 Å². The molecule has 0 bridgehead atoms. The van der Waals surface area contributed by atoms with Crippen LogP contribution in [0.3, 0.4) is 0 Å². The molecule has 4 unspecified atom stereocenters. The number of rotatable bonds is 4. The maximum atomic E-state index is 13.3. The Labute approximate surface area is 166 Å². The number of amides is 1. The molecule has 1 amide bonds. The molecule has 27 heavy (non-hydrogen) atoms. The van der Waals surface area contributed by atoms with Crippen LogP contribution in [-0.4, -0.2) is 54.4 Å². The Morgan fingerprint density at radius 1 is 1.11 bits per heavy atom. The summed E-state index contributed by atoms with van der Waals surface area (Å²) in [7, 11) is 1.78. The highest BCUT2D eigenvalue weighted by Gasteiger charge is 2.45. The van der Waals surface area contributed by atoms with Crippen molar-refractivity contribution in [1.82, 2.24) is 10.2 Å². The van der Waals surface area contributed by atoms with Gasteiger partial charge in [-0.1, -0.05) is 12.1 Å². The number of ether oxygens (including phenoxy) is 1. The molecule has 4 fully saturated rings. The van der Waals surface area contributed by atoms with Crippen molar-refractivity contribution in [3.8, 4) is 0 Å². The number of fused-ring (bicyclic) bond motifs is 2. The summed E-state index contributed by atoms with van der Waals surface area (Å²) in [6.07, 6.45) is 7.05. The fourth-order valence-electron chi connectivity index (χ4n) is 5.18. The molecule has 2 aliphatic heterocycles. The van der Waals surface area contributed by atoms with Crippen LogP contribution in [-0.2, 0) is 9.53 Å². The number of carbonyl (C=O) groups is 1. The highest BCUT2D eigenvalue weighted by molar-refractivity contribution is 8.00. The molecule has 2 heterocycles. The lowest BCUT2D eigenvalue weighted by Crippen LogP contribution is -2.46. The number of benzene rings is 1. The molecule has 2 saturated carbocycles. The Bertz CT molecular complexity index is 690. The van der Waals surface area contributed by atoms with E-state index in [2.05, 4.69) is 34.5 Å². The normalized spacial score (nSPS) is 36.3. The summed E-state index contributed by atoms with van der Waals surface area (Å²) in [6.45, 7) is 1.82. The minimum absolute atomic E-state index is 0.0877. The molecule has 0 spiro atoms. The van der Waals surface area contributed by atoms with Crippen molar-refractivity contribution >= 4 is 17.7 Å². The van der Waals surface area contributed by atoms with E-state index in [9.17, 15) is 4.79 Å². The van der Waals surface area contributed by atoms with Crippen molar-refractivity contribution in [1.29, 1.82) is 0 Å². The van der Waals surface area contributed by atoms with Crippen LogP contribution < -0.4 is 5.32 Å². The number of hydrogen-bond donors (Lipinski definition) is 1. The van der Waals surface area contributed by atoms with Crippen LogP contribution in [0, 0.1) is 5.92 Å². The van der Waals surface area contributed by atoms with Gasteiger partial charge in [-0.3, -0.25) is 4.79 Å². The van der Waals surface area contributed by atoms with Crippen LogP contribution in [0.1, 0.15) is 50.0 Å². The highest BCUT2D eigenvalue weighted by atomic mass is 32.2. The summed E-state index contributed by atoms with van der Waals surface area (Å²) in [4.78, 5) is 16.9. The van der Waals surface area contributed by atoms with Gasteiger partial charge >= 0.3 is 0 Å². The summed E-state index contributed by atoms with van der Waals surface area (Å²) in [5.74, 6) is 0.920. The molecule has 5 atom stereocenters. The van der Waals surface area contributed by atoms with Gasteiger partial charge in [-0.05, 0) is 56.2 Å². The van der Waals surface area contributed by atoms with Gasteiger partial charge in [0.2, 0.25) is 5.91 Å². The zero-order valence-electron chi connectivity index (χ0n) is 16.1. The molecule has 2 saturated heterocycles. The van der Waals surface area contributed by atoms with Gasteiger partial charge in [0.25, 0.3) is 0 Å². The molecule has 4 nitrogen and oxygen atoms in total. The molecule has 0 radical (unpaired) electrons. The number of nitrogens with one attached hydrogen (secondary N) is 1. The van der Waals surface area contributed by atoms with Crippen LogP contribution >= 0.6 is 11.8 Å². The molecule has 1 N–H and O–H groups in total. The smallest absolute Gasteiger partial charge is 0.227 e. The summed E-state index contributed by atoms with van der Waals surface area (Å²) in [5, 5.41) is 4.57. The molecular formula is C22H30N2O2S. The van der Waals surface area contributed by atoms with Gasteiger partial charge in [0.05, 0.1) is 12.0 Å². The maximum absolute atomic E-state index is 13.3. The second-order valence-electron chi connectivity index (χ2n) is 8.76. The quantitative estimate of drug-likeness (QED) is 0.861. The third-order valence-electron chi connectivity index (χ3n) is 6.94. The summed E-state index contributed by atoms with van der Waals surface area (Å²) in [6, 6.07) is 9.83. The standard InChI is InChI=1S/C22H30N2O2S/c1-26-17-4-9-21-20(11-17)22(25)24-13-15(10-16(24)12-23-21)14-2-5-18(6-3-14)27-19-7-8-19/h2-3,5-6,15-17,19-21,23H,4,7-13H2,1H3/t15?,16-,17?,20?,21?/m0/s1. The van der Waals surface area contributed by atoms with Crippen molar-refractivity contribution in [3.05, 3.63) is 29.8 Å². The first kappa shape index (κ1) is 18.0. The van der Waals surface area contributed by atoms with E-state index in [4.69, 9.17) is 4.74 Å². The number of carbonyl (C=O) groups excluding carboxylic acids is 1. The molecular weight excluding hydrogens is 356 g/mol. The minimum atomic E-state index is 0.0877. The lowest BCUT2D eigenvalue weighted by atomic mass is 9.82. The van der Waals surface area contributed by atoms with Crippen LogP contribution in [0.15, 0.2) is 29.2 Å². The highest BCUT2D eigenvalue weighted by Crippen LogP contribution is 2.41. The van der Waals surface area contributed by atoms with Crippen molar-refractivity contribution < 1.29 is 9.53 Å². The predicted molar refractivity (Wildman–Crippen MR) is 108 cm³/mol. The fraction of sp³-hybridized carbons (Fsp3) is 0.682. The second-order valence-corrected chi connectivity index (χ2v) is 10.1. The average molecular weight is 387 g/mol. The number of thioether (sulfide) groups is 1. The Kier molecular flexibility index (Phi) is 4.95. The first-order valence-corrected chi connectivity index (χ1v) is 11.4. The Morgan fingerprint density at radius 3 is 2.67 bits per heavy atom. The summed E-state index contributed by atoms with van der Waals surface area (Å²) in [5.41, 5.74) is 1.39. The molecule has 146 valence electrons. The molecule has 5 heteroatoms. The third-order valence-corrected chi connectivity index (χ3v) is 8.29. The Balaban J connectivity index is 1.28. The zero-order chi connectivity index (χ0) is 18.4. The lowest BCUT2D eigenvalue weighted by Gasteiger charge is -2.34.